The second kappa shape index (κ2) is 5.48. The molecule has 2 unspecified atom stereocenters. The second-order valence-electron chi connectivity index (χ2n) is 5.00. The number of hydrogen-bond acceptors (Lipinski definition) is 3. The molecule has 3 aromatic rings. The molecule has 0 bridgehead atoms. The van der Waals surface area contributed by atoms with Gasteiger partial charge in [-0.15, -0.1) is 0 Å². The van der Waals surface area contributed by atoms with E-state index in [0.29, 0.717) is 12.2 Å². The summed E-state index contributed by atoms with van der Waals surface area (Å²) in [7, 11) is 0. The Morgan fingerprint density at radius 1 is 1.00 bits per heavy atom. The lowest BCUT2D eigenvalue weighted by atomic mass is 10.0. The van der Waals surface area contributed by atoms with Gasteiger partial charge in [-0.25, -0.2) is 0 Å². The third-order valence-electron chi connectivity index (χ3n) is 3.66. The van der Waals surface area contributed by atoms with Crippen LogP contribution in [0.5, 0.6) is 0 Å². The normalized spacial score (nSPS) is 14.8. The fourth-order valence-electron chi connectivity index (χ4n) is 2.56. The van der Waals surface area contributed by atoms with E-state index in [-0.39, 0.29) is 0 Å². The zero-order valence-corrected chi connectivity index (χ0v) is 11.8. The van der Waals surface area contributed by atoms with E-state index < -0.39 is 12.2 Å². The summed E-state index contributed by atoms with van der Waals surface area (Å²) in [6, 6.07) is 13.8. The van der Waals surface area contributed by atoms with Gasteiger partial charge in [-0.05, 0) is 35.9 Å². The van der Waals surface area contributed by atoms with Crippen molar-refractivity contribution in [2.24, 2.45) is 0 Å². The number of nitrogens with one attached hydrogen (secondary N) is 1. The summed E-state index contributed by atoms with van der Waals surface area (Å²) in [5.41, 5.74) is 2.84. The van der Waals surface area contributed by atoms with Gasteiger partial charge in [0, 0.05) is 21.8 Å². The van der Waals surface area contributed by atoms with Crippen molar-refractivity contribution >= 4 is 34.4 Å². The molecule has 1 aromatic heterocycles. The van der Waals surface area contributed by atoms with Crippen LogP contribution in [0.15, 0.2) is 42.5 Å². The minimum Gasteiger partial charge on any atom is -0.390 e. The molecule has 3 N–H and O–H groups in total. The first-order chi connectivity index (χ1) is 9.70. The summed E-state index contributed by atoms with van der Waals surface area (Å²) in [6.07, 6.45) is -1.19. The molecule has 0 aliphatic carbocycles. The van der Waals surface area contributed by atoms with Crippen molar-refractivity contribution in [2.75, 3.05) is 5.75 Å². The largest absolute Gasteiger partial charge is 0.390 e. The zero-order chi connectivity index (χ0) is 14.1. The Balaban J connectivity index is 2.07. The van der Waals surface area contributed by atoms with E-state index in [1.165, 1.54) is 0 Å². The van der Waals surface area contributed by atoms with Crippen molar-refractivity contribution in [2.45, 2.75) is 18.6 Å². The molecule has 0 saturated carbocycles. The first kappa shape index (κ1) is 13.5. The average molecular weight is 287 g/mol. The van der Waals surface area contributed by atoms with E-state index in [2.05, 4.69) is 23.7 Å². The van der Waals surface area contributed by atoms with Gasteiger partial charge in [-0.2, -0.15) is 12.6 Å². The predicted molar refractivity (Wildman–Crippen MR) is 85.2 cm³/mol. The topological polar surface area (TPSA) is 56.2 Å². The Kier molecular flexibility index (Phi) is 3.70. The molecule has 20 heavy (non-hydrogen) atoms. The highest BCUT2D eigenvalue weighted by atomic mass is 32.1. The van der Waals surface area contributed by atoms with Crippen LogP contribution in [0.1, 0.15) is 18.1 Å². The quantitative estimate of drug-likeness (QED) is 0.558. The lowest BCUT2D eigenvalue weighted by Crippen LogP contribution is -2.18. The van der Waals surface area contributed by atoms with Gasteiger partial charge >= 0.3 is 0 Å². The SMILES string of the molecule is OC(CCS)C(O)c1ccc2[nH]c3ccccc3c2c1. The standard InChI is InChI=1S/C16H17NO2S/c18-15(7-8-20)16(19)10-5-6-14-12(9-10)11-3-1-2-4-13(11)17-14/h1-6,9,15-20H,7-8H2. The van der Waals surface area contributed by atoms with Gasteiger partial charge in [0.25, 0.3) is 0 Å². The van der Waals surface area contributed by atoms with Gasteiger partial charge in [0.15, 0.2) is 0 Å². The van der Waals surface area contributed by atoms with Crippen LogP contribution in [0.25, 0.3) is 21.8 Å². The Morgan fingerprint density at radius 3 is 2.55 bits per heavy atom. The predicted octanol–water partition coefficient (Wildman–Crippen LogP) is 3.04. The highest BCUT2D eigenvalue weighted by Crippen LogP contribution is 2.29. The number of rotatable bonds is 4. The molecule has 3 rings (SSSR count). The number of benzene rings is 2. The number of H-pyrrole nitrogens is 1. The summed E-state index contributed by atoms with van der Waals surface area (Å²) in [4.78, 5) is 3.34. The molecular formula is C16H17NO2S. The summed E-state index contributed by atoms with van der Waals surface area (Å²) < 4.78 is 0. The average Bonchev–Trinajstić information content (AvgIpc) is 2.84. The Hall–Kier alpha value is -1.49. The Bertz CT molecular complexity index is 738. The first-order valence-electron chi connectivity index (χ1n) is 6.68. The smallest absolute Gasteiger partial charge is 0.105 e. The van der Waals surface area contributed by atoms with Gasteiger partial charge < -0.3 is 15.2 Å². The molecule has 0 spiro atoms. The van der Waals surface area contributed by atoms with Gasteiger partial charge in [0.1, 0.15) is 6.10 Å². The van der Waals surface area contributed by atoms with Crippen molar-refractivity contribution in [3.63, 3.8) is 0 Å². The van der Waals surface area contributed by atoms with Crippen molar-refractivity contribution < 1.29 is 10.2 Å². The maximum Gasteiger partial charge on any atom is 0.105 e. The Morgan fingerprint density at radius 2 is 1.75 bits per heavy atom. The highest BCUT2D eigenvalue weighted by Gasteiger charge is 2.18. The molecule has 0 amide bonds. The number of aromatic amines is 1. The molecule has 0 aliphatic rings. The third-order valence-corrected chi connectivity index (χ3v) is 3.92. The second-order valence-corrected chi connectivity index (χ2v) is 5.45. The molecule has 0 aliphatic heterocycles. The molecule has 0 saturated heterocycles. The highest BCUT2D eigenvalue weighted by molar-refractivity contribution is 7.80. The van der Waals surface area contributed by atoms with Crippen molar-refractivity contribution in [1.29, 1.82) is 0 Å². The van der Waals surface area contributed by atoms with E-state index in [4.69, 9.17) is 0 Å². The minimum absolute atomic E-state index is 0.468. The summed E-state index contributed by atoms with van der Waals surface area (Å²) in [5, 5.41) is 22.3. The third kappa shape index (κ3) is 2.30. The maximum absolute atomic E-state index is 10.2. The molecule has 0 radical (unpaired) electrons. The van der Waals surface area contributed by atoms with Crippen LogP contribution in [0.2, 0.25) is 0 Å². The molecule has 3 nitrogen and oxygen atoms in total. The fraction of sp³-hybridized carbons (Fsp3) is 0.250. The van der Waals surface area contributed by atoms with Crippen LogP contribution in [-0.2, 0) is 0 Å². The molecule has 0 fully saturated rings. The van der Waals surface area contributed by atoms with E-state index in [1.54, 1.807) is 0 Å². The molecule has 1 heterocycles. The summed E-state index contributed by atoms with van der Waals surface area (Å²) >= 11 is 4.09. The number of thiol groups is 1. The summed E-state index contributed by atoms with van der Waals surface area (Å²) in [6.45, 7) is 0. The monoisotopic (exact) mass is 287 g/mol. The summed E-state index contributed by atoms with van der Waals surface area (Å²) in [5.74, 6) is 0.549. The van der Waals surface area contributed by atoms with Crippen LogP contribution >= 0.6 is 12.6 Å². The van der Waals surface area contributed by atoms with E-state index in [9.17, 15) is 10.2 Å². The van der Waals surface area contributed by atoms with E-state index in [1.807, 2.05) is 36.4 Å². The molecular weight excluding hydrogens is 270 g/mol. The number of para-hydroxylation sites is 1. The number of aliphatic hydroxyl groups excluding tert-OH is 2. The molecule has 2 aromatic carbocycles. The number of fused-ring (bicyclic) bond motifs is 3. The number of aliphatic hydroxyl groups is 2. The Labute approximate surface area is 122 Å². The maximum atomic E-state index is 10.2. The van der Waals surface area contributed by atoms with Gasteiger partial charge in [0.05, 0.1) is 6.10 Å². The van der Waals surface area contributed by atoms with Crippen molar-refractivity contribution in [3.8, 4) is 0 Å². The van der Waals surface area contributed by atoms with Crippen LogP contribution in [0.4, 0.5) is 0 Å². The molecule has 104 valence electrons. The number of aromatic nitrogens is 1. The molecule has 2 atom stereocenters. The van der Waals surface area contributed by atoms with Crippen molar-refractivity contribution in [1.82, 2.24) is 4.98 Å². The van der Waals surface area contributed by atoms with Crippen LogP contribution in [0, 0.1) is 0 Å². The van der Waals surface area contributed by atoms with Gasteiger partial charge in [-0.3, -0.25) is 0 Å². The number of hydrogen-bond donors (Lipinski definition) is 4. The molecule has 4 heteroatoms. The van der Waals surface area contributed by atoms with Gasteiger partial charge in [-0.1, -0.05) is 24.3 Å². The zero-order valence-electron chi connectivity index (χ0n) is 11.0. The van der Waals surface area contributed by atoms with Gasteiger partial charge in [0.2, 0.25) is 0 Å². The van der Waals surface area contributed by atoms with Crippen molar-refractivity contribution in [3.05, 3.63) is 48.0 Å². The van der Waals surface area contributed by atoms with E-state index in [0.717, 1.165) is 27.4 Å². The lowest BCUT2D eigenvalue weighted by Gasteiger charge is -2.17. The fourth-order valence-corrected chi connectivity index (χ4v) is 2.83. The van der Waals surface area contributed by atoms with Crippen LogP contribution in [-0.4, -0.2) is 27.1 Å². The van der Waals surface area contributed by atoms with Crippen LogP contribution < -0.4 is 0 Å². The van der Waals surface area contributed by atoms with E-state index >= 15 is 0 Å². The minimum atomic E-state index is -0.875. The lowest BCUT2D eigenvalue weighted by molar-refractivity contribution is 0.0173. The van der Waals surface area contributed by atoms with Crippen LogP contribution in [0.3, 0.4) is 0 Å². The first-order valence-corrected chi connectivity index (χ1v) is 7.31.